The monoisotopic (exact) mass is 414 g/mol. The quantitative estimate of drug-likeness (QED) is 0.383. The number of rotatable bonds is 11. The van der Waals surface area contributed by atoms with Crippen molar-refractivity contribution in [1.82, 2.24) is 0 Å². The first-order chi connectivity index (χ1) is 14.5. The van der Waals surface area contributed by atoms with Crippen LogP contribution >= 0.6 is 0 Å². The van der Waals surface area contributed by atoms with Gasteiger partial charge in [-0.25, -0.2) is 9.59 Å². The summed E-state index contributed by atoms with van der Waals surface area (Å²) in [5, 5.41) is 14.4. The van der Waals surface area contributed by atoms with Gasteiger partial charge in [0.1, 0.15) is 0 Å². The van der Waals surface area contributed by atoms with Crippen molar-refractivity contribution in [3.8, 4) is 0 Å². The number of anilines is 2. The molecule has 160 valence electrons. The first-order valence-corrected chi connectivity index (χ1v) is 9.73. The smallest absolute Gasteiger partial charge is 0.340 e. The number of aliphatic hydroxyl groups is 1. The lowest BCUT2D eigenvalue weighted by Gasteiger charge is -2.11. The summed E-state index contributed by atoms with van der Waals surface area (Å²) in [6.45, 7) is 2.12. The van der Waals surface area contributed by atoms with Gasteiger partial charge in [-0.3, -0.25) is 4.79 Å². The normalized spacial score (nSPS) is 10.2. The third-order valence-corrected chi connectivity index (χ3v) is 4.04. The second kappa shape index (κ2) is 12.2. The highest BCUT2D eigenvalue weighted by Crippen LogP contribution is 2.16. The Morgan fingerprint density at radius 1 is 0.967 bits per heavy atom. The molecule has 3 N–H and O–H groups in total. The van der Waals surface area contributed by atoms with E-state index in [1.165, 1.54) is 0 Å². The summed E-state index contributed by atoms with van der Waals surface area (Å²) in [5.41, 5.74) is 1.64. The molecule has 0 atom stereocenters. The van der Waals surface area contributed by atoms with Crippen LogP contribution in [-0.4, -0.2) is 49.3 Å². The maximum Gasteiger partial charge on any atom is 0.340 e. The minimum absolute atomic E-state index is 0.0823. The van der Waals surface area contributed by atoms with Gasteiger partial charge in [0.05, 0.1) is 24.3 Å². The lowest BCUT2D eigenvalue weighted by molar-refractivity contribution is -0.119. The van der Waals surface area contributed by atoms with Gasteiger partial charge in [0.25, 0.3) is 5.91 Å². The van der Waals surface area contributed by atoms with E-state index in [0.717, 1.165) is 12.8 Å². The van der Waals surface area contributed by atoms with Gasteiger partial charge >= 0.3 is 11.9 Å². The second-order valence-electron chi connectivity index (χ2n) is 6.39. The molecule has 0 saturated carbocycles. The molecule has 30 heavy (non-hydrogen) atoms. The Bertz CT molecular complexity index is 851. The highest BCUT2D eigenvalue weighted by Gasteiger charge is 2.14. The molecule has 0 aliphatic heterocycles. The summed E-state index contributed by atoms with van der Waals surface area (Å²) in [6.07, 6.45) is 1.74. The summed E-state index contributed by atoms with van der Waals surface area (Å²) in [5.74, 6) is -1.58. The van der Waals surface area contributed by atoms with E-state index in [2.05, 4.69) is 10.6 Å². The van der Waals surface area contributed by atoms with E-state index < -0.39 is 24.5 Å². The molecule has 0 spiro atoms. The summed E-state index contributed by atoms with van der Waals surface area (Å²) in [7, 11) is 0. The average molecular weight is 414 g/mol. The summed E-state index contributed by atoms with van der Waals surface area (Å²) >= 11 is 0. The maximum absolute atomic E-state index is 12.3. The van der Waals surface area contributed by atoms with Crippen molar-refractivity contribution in [3.63, 3.8) is 0 Å². The molecule has 0 fully saturated rings. The standard InChI is InChI=1S/C22H26N2O6/c1-2-3-14-29-21(27)16-8-10-17(11-9-16)24-20(26)15-30-22(28)18-6-4-5-7-19(18)23-12-13-25/h4-11,23,25H,2-3,12-15H2,1H3,(H,24,26). The topological polar surface area (TPSA) is 114 Å². The van der Waals surface area contributed by atoms with Crippen LogP contribution in [0.1, 0.15) is 40.5 Å². The number of amides is 1. The number of para-hydroxylation sites is 1. The van der Waals surface area contributed by atoms with Crippen molar-refractivity contribution >= 4 is 29.2 Å². The Labute approximate surface area is 175 Å². The molecule has 8 nitrogen and oxygen atoms in total. The molecule has 8 heteroatoms. The third-order valence-electron chi connectivity index (χ3n) is 4.04. The van der Waals surface area contributed by atoms with Crippen LogP contribution in [0.15, 0.2) is 48.5 Å². The number of nitrogens with one attached hydrogen (secondary N) is 2. The molecular formula is C22H26N2O6. The van der Waals surface area contributed by atoms with Gasteiger partial charge in [-0.2, -0.15) is 0 Å². The van der Waals surface area contributed by atoms with Gasteiger partial charge in [-0.1, -0.05) is 25.5 Å². The predicted octanol–water partition coefficient (Wildman–Crippen LogP) is 2.84. The molecule has 2 aromatic rings. The van der Waals surface area contributed by atoms with Gasteiger partial charge in [0.2, 0.25) is 0 Å². The Hall–Kier alpha value is -3.39. The summed E-state index contributed by atoms with van der Waals surface area (Å²) in [6, 6.07) is 12.9. The van der Waals surface area contributed by atoms with E-state index in [1.807, 2.05) is 6.92 Å². The number of hydrogen-bond acceptors (Lipinski definition) is 7. The highest BCUT2D eigenvalue weighted by atomic mass is 16.5. The van der Waals surface area contributed by atoms with Crippen molar-refractivity contribution in [3.05, 3.63) is 59.7 Å². The second-order valence-corrected chi connectivity index (χ2v) is 6.39. The van der Waals surface area contributed by atoms with E-state index in [9.17, 15) is 14.4 Å². The average Bonchev–Trinajstić information content (AvgIpc) is 2.77. The molecule has 1 amide bonds. The fourth-order valence-electron chi connectivity index (χ4n) is 2.49. The first-order valence-electron chi connectivity index (χ1n) is 9.73. The number of hydrogen-bond donors (Lipinski definition) is 3. The van der Waals surface area contributed by atoms with Crippen LogP contribution in [0.4, 0.5) is 11.4 Å². The lowest BCUT2D eigenvalue weighted by Crippen LogP contribution is -2.21. The minimum atomic E-state index is -0.656. The molecule has 0 saturated heterocycles. The molecule has 0 heterocycles. The van der Waals surface area contributed by atoms with E-state index >= 15 is 0 Å². The predicted molar refractivity (Wildman–Crippen MR) is 113 cm³/mol. The molecular weight excluding hydrogens is 388 g/mol. The molecule has 0 aliphatic rings. The Kier molecular flexibility index (Phi) is 9.33. The van der Waals surface area contributed by atoms with Crippen molar-refractivity contribution in [2.75, 3.05) is 37.0 Å². The first kappa shape index (κ1) is 22.9. The van der Waals surface area contributed by atoms with Gasteiger partial charge in [0.15, 0.2) is 6.61 Å². The number of benzene rings is 2. The van der Waals surface area contributed by atoms with Crippen molar-refractivity contribution in [2.24, 2.45) is 0 Å². The third kappa shape index (κ3) is 7.21. The van der Waals surface area contributed by atoms with Crippen molar-refractivity contribution in [2.45, 2.75) is 19.8 Å². The largest absolute Gasteiger partial charge is 0.462 e. The van der Waals surface area contributed by atoms with Crippen LogP contribution in [-0.2, 0) is 14.3 Å². The fourth-order valence-corrected chi connectivity index (χ4v) is 2.49. The SMILES string of the molecule is CCCCOC(=O)c1ccc(NC(=O)COC(=O)c2ccccc2NCCO)cc1. The minimum Gasteiger partial charge on any atom is -0.462 e. The number of esters is 2. The van der Waals surface area contributed by atoms with E-state index in [4.69, 9.17) is 14.6 Å². The zero-order valence-corrected chi connectivity index (χ0v) is 16.8. The van der Waals surface area contributed by atoms with Crippen LogP contribution in [0.25, 0.3) is 0 Å². The maximum atomic E-state index is 12.3. The Morgan fingerprint density at radius 3 is 2.40 bits per heavy atom. The van der Waals surface area contributed by atoms with Gasteiger partial charge in [-0.05, 0) is 42.8 Å². The van der Waals surface area contributed by atoms with Crippen LogP contribution < -0.4 is 10.6 Å². The zero-order chi connectivity index (χ0) is 21.8. The van der Waals surface area contributed by atoms with E-state index in [1.54, 1.807) is 48.5 Å². The lowest BCUT2D eigenvalue weighted by atomic mass is 10.2. The molecule has 0 aliphatic carbocycles. The Morgan fingerprint density at radius 2 is 1.70 bits per heavy atom. The van der Waals surface area contributed by atoms with Gasteiger partial charge in [0, 0.05) is 17.9 Å². The number of unbranched alkanes of at least 4 members (excludes halogenated alkanes) is 1. The Balaban J connectivity index is 1.85. The molecule has 0 radical (unpaired) electrons. The molecule has 2 rings (SSSR count). The zero-order valence-electron chi connectivity index (χ0n) is 16.8. The number of ether oxygens (including phenoxy) is 2. The van der Waals surface area contributed by atoms with E-state index in [0.29, 0.717) is 23.5 Å². The molecule has 2 aromatic carbocycles. The fraction of sp³-hybridized carbons (Fsp3) is 0.318. The molecule has 0 bridgehead atoms. The van der Waals surface area contributed by atoms with Crippen LogP contribution in [0.3, 0.4) is 0 Å². The van der Waals surface area contributed by atoms with Crippen molar-refractivity contribution < 1.29 is 29.0 Å². The number of carbonyl (C=O) groups excluding carboxylic acids is 3. The highest BCUT2D eigenvalue weighted by molar-refractivity contribution is 5.98. The summed E-state index contributed by atoms with van der Waals surface area (Å²) in [4.78, 5) is 36.2. The molecule has 0 unspecified atom stereocenters. The number of carbonyl (C=O) groups is 3. The van der Waals surface area contributed by atoms with Crippen LogP contribution in [0.2, 0.25) is 0 Å². The molecule has 0 aromatic heterocycles. The summed E-state index contributed by atoms with van der Waals surface area (Å²) < 4.78 is 10.2. The number of aliphatic hydroxyl groups excluding tert-OH is 1. The van der Waals surface area contributed by atoms with Crippen LogP contribution in [0, 0.1) is 0 Å². The van der Waals surface area contributed by atoms with Crippen molar-refractivity contribution in [1.29, 1.82) is 0 Å². The van der Waals surface area contributed by atoms with Gasteiger partial charge in [-0.15, -0.1) is 0 Å². The van der Waals surface area contributed by atoms with Gasteiger partial charge < -0.3 is 25.2 Å². The van der Waals surface area contributed by atoms with Crippen LogP contribution in [0.5, 0.6) is 0 Å². The van der Waals surface area contributed by atoms with E-state index in [-0.39, 0.29) is 18.7 Å².